The number of carbonyl (C=O) groups excluding carboxylic acids is 1. The van der Waals surface area contributed by atoms with E-state index in [0.717, 1.165) is 13.0 Å². The minimum Gasteiger partial charge on any atom is -0.354 e. The van der Waals surface area contributed by atoms with Crippen LogP contribution in [0.2, 0.25) is 0 Å². The lowest BCUT2D eigenvalue weighted by Crippen LogP contribution is -2.58. The second-order valence-electron chi connectivity index (χ2n) is 6.50. The van der Waals surface area contributed by atoms with Gasteiger partial charge in [-0.15, -0.1) is 0 Å². The van der Waals surface area contributed by atoms with Gasteiger partial charge in [-0.1, -0.05) is 25.7 Å². The van der Waals surface area contributed by atoms with Gasteiger partial charge in [0.15, 0.2) is 0 Å². The lowest BCUT2D eigenvalue weighted by molar-refractivity contribution is -0.122. The fourth-order valence-corrected chi connectivity index (χ4v) is 3.80. The van der Waals surface area contributed by atoms with Gasteiger partial charge in [0, 0.05) is 18.5 Å². The van der Waals surface area contributed by atoms with Crippen molar-refractivity contribution in [1.82, 2.24) is 10.2 Å². The normalized spacial score (nSPS) is 23.4. The van der Waals surface area contributed by atoms with Crippen LogP contribution in [0.25, 0.3) is 0 Å². The first-order chi connectivity index (χ1) is 9.77. The fraction of sp³-hybridized carbons (Fsp3) is 0.938. The number of amides is 1. The molecule has 0 aromatic rings. The molecule has 1 aliphatic carbocycles. The van der Waals surface area contributed by atoms with Crippen molar-refractivity contribution < 1.29 is 4.79 Å². The summed E-state index contributed by atoms with van der Waals surface area (Å²) in [5.41, 5.74) is 5.72. The minimum atomic E-state index is 0.178. The average molecular weight is 281 g/mol. The molecule has 1 saturated carbocycles. The molecule has 0 aromatic carbocycles. The third kappa shape index (κ3) is 4.19. The average Bonchev–Trinajstić information content (AvgIpc) is 2.52. The van der Waals surface area contributed by atoms with Crippen LogP contribution >= 0.6 is 0 Å². The predicted molar refractivity (Wildman–Crippen MR) is 82.5 cm³/mol. The van der Waals surface area contributed by atoms with E-state index < -0.39 is 0 Å². The van der Waals surface area contributed by atoms with Gasteiger partial charge in [0.25, 0.3) is 0 Å². The van der Waals surface area contributed by atoms with E-state index in [1.54, 1.807) is 0 Å². The van der Waals surface area contributed by atoms with Gasteiger partial charge in [0.2, 0.25) is 5.91 Å². The number of hydrogen-bond acceptors (Lipinski definition) is 3. The standard InChI is InChI=1S/C16H31N3O/c17-11-7-8-15(20)18-14-16(9-3-1-4-10-16)19-12-5-2-6-13-19/h1-14,17H2,(H,18,20). The summed E-state index contributed by atoms with van der Waals surface area (Å²) in [5, 5.41) is 3.19. The number of rotatable bonds is 6. The Balaban J connectivity index is 1.90. The van der Waals surface area contributed by atoms with Crippen LogP contribution in [0.1, 0.15) is 64.2 Å². The highest BCUT2D eigenvalue weighted by Crippen LogP contribution is 2.35. The van der Waals surface area contributed by atoms with Gasteiger partial charge in [-0.25, -0.2) is 0 Å². The second-order valence-corrected chi connectivity index (χ2v) is 6.50. The number of carbonyl (C=O) groups is 1. The lowest BCUT2D eigenvalue weighted by Gasteiger charge is -2.48. The van der Waals surface area contributed by atoms with Crippen molar-refractivity contribution in [3.05, 3.63) is 0 Å². The first-order valence-corrected chi connectivity index (χ1v) is 8.49. The molecular weight excluding hydrogens is 250 g/mol. The maximum Gasteiger partial charge on any atom is 0.220 e. The van der Waals surface area contributed by atoms with E-state index in [0.29, 0.717) is 13.0 Å². The summed E-state index contributed by atoms with van der Waals surface area (Å²) in [6.45, 7) is 3.89. The van der Waals surface area contributed by atoms with E-state index in [9.17, 15) is 4.79 Å². The molecule has 4 heteroatoms. The van der Waals surface area contributed by atoms with E-state index in [4.69, 9.17) is 5.73 Å². The molecule has 1 saturated heterocycles. The minimum absolute atomic E-state index is 0.178. The summed E-state index contributed by atoms with van der Waals surface area (Å²) in [5.74, 6) is 0.178. The van der Waals surface area contributed by atoms with Crippen LogP contribution in [-0.2, 0) is 4.79 Å². The van der Waals surface area contributed by atoms with Crippen molar-refractivity contribution in [1.29, 1.82) is 0 Å². The smallest absolute Gasteiger partial charge is 0.220 e. The Bertz CT molecular complexity index is 294. The van der Waals surface area contributed by atoms with Crippen molar-refractivity contribution in [2.75, 3.05) is 26.2 Å². The van der Waals surface area contributed by atoms with Crippen LogP contribution < -0.4 is 11.1 Å². The molecule has 1 heterocycles. The molecule has 3 N–H and O–H groups in total. The summed E-state index contributed by atoms with van der Waals surface area (Å²) >= 11 is 0. The third-order valence-corrected chi connectivity index (χ3v) is 5.03. The lowest BCUT2D eigenvalue weighted by atomic mass is 9.79. The molecule has 1 aliphatic heterocycles. The highest BCUT2D eigenvalue weighted by Gasteiger charge is 2.38. The van der Waals surface area contributed by atoms with Crippen LogP contribution in [0.3, 0.4) is 0 Å². The number of hydrogen-bond donors (Lipinski definition) is 2. The Labute approximate surface area is 123 Å². The number of likely N-dealkylation sites (tertiary alicyclic amines) is 1. The van der Waals surface area contributed by atoms with Crippen molar-refractivity contribution in [3.8, 4) is 0 Å². The molecule has 1 amide bonds. The molecule has 4 nitrogen and oxygen atoms in total. The number of nitrogens with one attached hydrogen (secondary N) is 1. The van der Waals surface area contributed by atoms with Gasteiger partial charge >= 0.3 is 0 Å². The summed E-state index contributed by atoms with van der Waals surface area (Å²) in [6.07, 6.45) is 11.9. The number of nitrogens with zero attached hydrogens (tertiary/aromatic N) is 1. The van der Waals surface area contributed by atoms with Crippen LogP contribution in [-0.4, -0.2) is 42.5 Å². The number of nitrogens with two attached hydrogens (primary N) is 1. The summed E-state index contributed by atoms with van der Waals surface area (Å²) < 4.78 is 0. The molecule has 0 radical (unpaired) electrons. The van der Waals surface area contributed by atoms with E-state index >= 15 is 0 Å². The van der Waals surface area contributed by atoms with Crippen molar-refractivity contribution in [3.63, 3.8) is 0 Å². The van der Waals surface area contributed by atoms with Crippen LogP contribution in [0, 0.1) is 0 Å². The molecule has 20 heavy (non-hydrogen) atoms. The van der Waals surface area contributed by atoms with E-state index in [1.807, 2.05) is 0 Å². The van der Waals surface area contributed by atoms with Gasteiger partial charge in [0.05, 0.1) is 0 Å². The molecule has 2 aliphatic rings. The summed E-state index contributed by atoms with van der Waals surface area (Å²) in [4.78, 5) is 14.6. The largest absolute Gasteiger partial charge is 0.354 e. The zero-order valence-electron chi connectivity index (χ0n) is 12.8. The maximum absolute atomic E-state index is 11.9. The third-order valence-electron chi connectivity index (χ3n) is 5.03. The molecular formula is C16H31N3O. The quantitative estimate of drug-likeness (QED) is 0.783. The van der Waals surface area contributed by atoms with E-state index in [1.165, 1.54) is 64.5 Å². The molecule has 0 aromatic heterocycles. The highest BCUT2D eigenvalue weighted by atomic mass is 16.1. The van der Waals surface area contributed by atoms with Crippen molar-refractivity contribution in [2.24, 2.45) is 5.73 Å². The van der Waals surface area contributed by atoms with Crippen molar-refractivity contribution in [2.45, 2.75) is 69.7 Å². The maximum atomic E-state index is 11.9. The summed E-state index contributed by atoms with van der Waals surface area (Å²) in [7, 11) is 0. The SMILES string of the molecule is NCCCC(=O)NCC1(N2CCCCC2)CCCCC1. The van der Waals surface area contributed by atoms with Crippen LogP contribution in [0.5, 0.6) is 0 Å². The molecule has 2 fully saturated rings. The first kappa shape index (κ1) is 15.8. The zero-order valence-corrected chi connectivity index (χ0v) is 12.8. The molecule has 0 unspecified atom stereocenters. The van der Waals surface area contributed by atoms with E-state index in [2.05, 4.69) is 10.2 Å². The molecule has 0 bridgehead atoms. The van der Waals surface area contributed by atoms with Gasteiger partial charge in [0.1, 0.15) is 0 Å². The van der Waals surface area contributed by atoms with Crippen LogP contribution in [0.15, 0.2) is 0 Å². The molecule has 0 atom stereocenters. The fourth-order valence-electron chi connectivity index (χ4n) is 3.80. The first-order valence-electron chi connectivity index (χ1n) is 8.49. The Morgan fingerprint density at radius 3 is 2.35 bits per heavy atom. The van der Waals surface area contributed by atoms with Crippen LogP contribution in [0.4, 0.5) is 0 Å². The van der Waals surface area contributed by atoms with E-state index in [-0.39, 0.29) is 11.4 Å². The molecule has 116 valence electrons. The highest BCUT2D eigenvalue weighted by molar-refractivity contribution is 5.75. The monoisotopic (exact) mass is 281 g/mol. The van der Waals surface area contributed by atoms with Crippen molar-refractivity contribution >= 4 is 5.91 Å². The molecule has 0 spiro atoms. The second kappa shape index (κ2) is 7.99. The van der Waals surface area contributed by atoms with Gasteiger partial charge in [-0.05, 0) is 51.7 Å². The zero-order chi connectivity index (χ0) is 14.3. The molecule has 2 rings (SSSR count). The van der Waals surface area contributed by atoms with Gasteiger partial charge < -0.3 is 11.1 Å². The van der Waals surface area contributed by atoms with Gasteiger partial charge in [-0.3, -0.25) is 9.69 Å². The summed E-state index contributed by atoms with van der Waals surface area (Å²) in [6, 6.07) is 0. The topological polar surface area (TPSA) is 58.4 Å². The number of piperidine rings is 1. The Morgan fingerprint density at radius 2 is 1.70 bits per heavy atom. The van der Waals surface area contributed by atoms with Gasteiger partial charge in [-0.2, -0.15) is 0 Å². The Kier molecular flexibility index (Phi) is 6.30. The Hall–Kier alpha value is -0.610. The predicted octanol–water partition coefficient (Wildman–Crippen LogP) is 2.03. The Morgan fingerprint density at radius 1 is 1.05 bits per heavy atom.